The Morgan fingerprint density at radius 3 is 2.62 bits per heavy atom. The quantitative estimate of drug-likeness (QED) is 0.576. The maximum absolute atomic E-state index is 11.5. The second-order valence-electron chi connectivity index (χ2n) is 3.65. The number of Topliss-reactive ketones (excluding diaryl/α,β-unsaturated/α-hetero) is 1. The highest BCUT2D eigenvalue weighted by molar-refractivity contribution is 7.53. The number of unbranched alkanes of at least 4 members (excludes halogenated alkanes) is 1. The molecule has 0 aromatic carbocycles. The van der Waals surface area contributed by atoms with Crippen molar-refractivity contribution in [3.05, 3.63) is 0 Å². The van der Waals surface area contributed by atoms with E-state index in [9.17, 15) is 9.36 Å². The zero-order chi connectivity index (χ0) is 12.6. The van der Waals surface area contributed by atoms with Crippen LogP contribution in [0.2, 0.25) is 0 Å². The van der Waals surface area contributed by atoms with Gasteiger partial charge in [0.2, 0.25) is 0 Å². The molecule has 0 aromatic heterocycles. The van der Waals surface area contributed by atoms with Gasteiger partial charge in [-0.25, -0.2) is 0 Å². The fourth-order valence-electron chi connectivity index (χ4n) is 0.970. The van der Waals surface area contributed by atoms with Crippen LogP contribution in [0.5, 0.6) is 0 Å². The van der Waals surface area contributed by atoms with Crippen LogP contribution in [0.25, 0.3) is 0 Å². The molecule has 4 nitrogen and oxygen atoms in total. The summed E-state index contributed by atoms with van der Waals surface area (Å²) in [5, 5.41) is 0. The summed E-state index contributed by atoms with van der Waals surface area (Å²) in [6, 6.07) is 0. The Kier molecular flexibility index (Phi) is 7.33. The van der Waals surface area contributed by atoms with Crippen molar-refractivity contribution >= 4 is 13.4 Å². The lowest BCUT2D eigenvalue weighted by Gasteiger charge is -2.10. The van der Waals surface area contributed by atoms with Gasteiger partial charge in [0.25, 0.3) is 0 Å². The van der Waals surface area contributed by atoms with Gasteiger partial charge >= 0.3 is 7.60 Å². The van der Waals surface area contributed by atoms with E-state index in [2.05, 4.69) is 16.4 Å². The van der Waals surface area contributed by atoms with E-state index in [1.54, 1.807) is 6.92 Å². The Morgan fingerprint density at radius 2 is 2.12 bits per heavy atom. The maximum atomic E-state index is 11.5. The van der Waals surface area contributed by atoms with Crippen LogP contribution in [0.3, 0.4) is 0 Å². The number of hydrogen-bond acceptors (Lipinski definition) is 3. The molecule has 0 aliphatic rings. The van der Waals surface area contributed by atoms with Gasteiger partial charge in [0.1, 0.15) is 11.9 Å². The van der Waals surface area contributed by atoms with Gasteiger partial charge in [-0.15, -0.1) is 11.8 Å². The van der Waals surface area contributed by atoms with E-state index in [4.69, 9.17) is 4.89 Å². The largest absolute Gasteiger partial charge is 0.335 e. The van der Waals surface area contributed by atoms with Gasteiger partial charge in [-0.2, -0.15) is 0 Å². The molecule has 1 N–H and O–H groups in total. The molecule has 5 heteroatoms. The number of carbonyl (C=O) groups is 1. The second kappa shape index (κ2) is 7.62. The summed E-state index contributed by atoms with van der Waals surface area (Å²) in [7, 11) is -2.60. The summed E-state index contributed by atoms with van der Waals surface area (Å²) in [5.41, 5.74) is 0. The van der Waals surface area contributed by atoms with E-state index in [1.807, 2.05) is 6.92 Å². The van der Waals surface area contributed by atoms with Crippen molar-refractivity contribution in [2.24, 2.45) is 5.92 Å². The smallest absolute Gasteiger partial charge is 0.324 e. The van der Waals surface area contributed by atoms with Gasteiger partial charge in [-0.3, -0.25) is 9.36 Å². The Balaban J connectivity index is 4.11. The van der Waals surface area contributed by atoms with Crippen molar-refractivity contribution < 1.29 is 18.8 Å². The summed E-state index contributed by atoms with van der Waals surface area (Å²) >= 11 is 0. The lowest BCUT2D eigenvalue weighted by atomic mass is 10.0. The average molecular weight is 246 g/mol. The molecule has 0 radical (unpaired) electrons. The van der Waals surface area contributed by atoms with Gasteiger partial charge in [0, 0.05) is 25.9 Å². The highest BCUT2D eigenvalue weighted by atomic mass is 31.2. The van der Waals surface area contributed by atoms with Crippen LogP contribution in [0.4, 0.5) is 0 Å². The minimum Gasteiger partial charge on any atom is -0.324 e. The van der Waals surface area contributed by atoms with Gasteiger partial charge in [-0.1, -0.05) is 13.8 Å². The van der Waals surface area contributed by atoms with Crippen molar-refractivity contribution in [2.75, 3.05) is 13.3 Å². The minimum atomic E-state index is -3.73. The predicted octanol–water partition coefficient (Wildman–Crippen LogP) is 2.22. The zero-order valence-corrected chi connectivity index (χ0v) is 10.9. The lowest BCUT2D eigenvalue weighted by Crippen LogP contribution is -2.15. The van der Waals surface area contributed by atoms with Crippen LogP contribution >= 0.6 is 7.60 Å². The van der Waals surface area contributed by atoms with Crippen LogP contribution < -0.4 is 0 Å². The van der Waals surface area contributed by atoms with E-state index in [1.165, 1.54) is 0 Å². The topological polar surface area (TPSA) is 63.6 Å². The zero-order valence-electron chi connectivity index (χ0n) is 10.0. The first-order valence-electron chi connectivity index (χ1n) is 5.29. The summed E-state index contributed by atoms with van der Waals surface area (Å²) in [6.45, 7) is 3.74. The van der Waals surface area contributed by atoms with Gasteiger partial charge in [0.05, 0.1) is 0 Å². The summed E-state index contributed by atoms with van der Waals surface area (Å²) < 4.78 is 15.5. The van der Waals surface area contributed by atoms with Crippen molar-refractivity contribution in [3.63, 3.8) is 0 Å². The highest BCUT2D eigenvalue weighted by Crippen LogP contribution is 2.41. The molecule has 0 amide bonds. The SMILES string of the molecule is CCCC#CCC(C)C(=O)CP(=O)(O)OC. The molecule has 0 rings (SSSR count). The minimum absolute atomic E-state index is 0.279. The fraction of sp³-hybridized carbons (Fsp3) is 0.727. The summed E-state index contributed by atoms with van der Waals surface area (Å²) in [6.07, 6.45) is 1.81. The van der Waals surface area contributed by atoms with E-state index < -0.39 is 13.8 Å². The first-order valence-corrected chi connectivity index (χ1v) is 7.05. The Morgan fingerprint density at radius 1 is 1.50 bits per heavy atom. The molecule has 0 fully saturated rings. The number of hydrogen-bond donors (Lipinski definition) is 1. The standard InChI is InChI=1S/C11H19O4P/c1-4-5-6-7-8-10(2)11(12)9-16(13,14)15-3/h10H,4-5,8-9H2,1-3H3,(H,13,14). The van der Waals surface area contributed by atoms with E-state index >= 15 is 0 Å². The third-order valence-corrected chi connectivity index (χ3v) is 3.38. The van der Waals surface area contributed by atoms with Gasteiger partial charge in [0.15, 0.2) is 0 Å². The first-order chi connectivity index (χ1) is 7.43. The van der Waals surface area contributed by atoms with E-state index in [0.717, 1.165) is 20.0 Å². The number of rotatable bonds is 6. The highest BCUT2D eigenvalue weighted by Gasteiger charge is 2.25. The molecular formula is C11H19O4P. The molecule has 2 atom stereocenters. The molecule has 0 saturated heterocycles. The van der Waals surface area contributed by atoms with E-state index in [-0.39, 0.29) is 11.7 Å². The summed E-state index contributed by atoms with van der Waals surface area (Å²) in [4.78, 5) is 20.6. The monoisotopic (exact) mass is 246 g/mol. The van der Waals surface area contributed by atoms with Crippen LogP contribution in [0, 0.1) is 17.8 Å². The second-order valence-corrected chi connectivity index (χ2v) is 5.61. The molecule has 0 heterocycles. The van der Waals surface area contributed by atoms with Gasteiger partial charge in [-0.05, 0) is 6.42 Å². The molecule has 2 unspecified atom stereocenters. The van der Waals surface area contributed by atoms with Crippen LogP contribution in [0.15, 0.2) is 0 Å². The molecule has 0 aliphatic heterocycles. The number of ketones is 1. The molecule has 0 aliphatic carbocycles. The average Bonchev–Trinajstić information content (AvgIpc) is 2.23. The maximum Gasteiger partial charge on any atom is 0.335 e. The third kappa shape index (κ3) is 6.79. The lowest BCUT2D eigenvalue weighted by molar-refractivity contribution is -0.119. The molecular weight excluding hydrogens is 227 g/mol. The van der Waals surface area contributed by atoms with E-state index in [0.29, 0.717) is 6.42 Å². The summed E-state index contributed by atoms with van der Waals surface area (Å²) in [5.74, 6) is 5.22. The molecule has 0 spiro atoms. The normalized spacial score (nSPS) is 15.8. The third-order valence-electron chi connectivity index (χ3n) is 2.10. The number of carbonyl (C=O) groups excluding carboxylic acids is 1. The predicted molar refractivity (Wildman–Crippen MR) is 63.2 cm³/mol. The first kappa shape index (κ1) is 15.4. The van der Waals surface area contributed by atoms with Gasteiger partial charge < -0.3 is 9.42 Å². The Bertz CT molecular complexity index is 327. The Labute approximate surface area is 96.9 Å². The fourth-order valence-corrected chi connectivity index (χ4v) is 1.80. The Hall–Kier alpha value is -0.620. The molecule has 16 heavy (non-hydrogen) atoms. The molecule has 0 aromatic rings. The van der Waals surface area contributed by atoms with Crippen LogP contribution in [0.1, 0.15) is 33.1 Å². The van der Waals surface area contributed by atoms with Crippen molar-refractivity contribution in [1.82, 2.24) is 0 Å². The van der Waals surface area contributed by atoms with Crippen molar-refractivity contribution in [1.29, 1.82) is 0 Å². The molecule has 0 bridgehead atoms. The van der Waals surface area contributed by atoms with Crippen LogP contribution in [-0.2, 0) is 13.9 Å². The van der Waals surface area contributed by atoms with Crippen molar-refractivity contribution in [2.45, 2.75) is 33.1 Å². The van der Waals surface area contributed by atoms with Crippen LogP contribution in [-0.4, -0.2) is 23.9 Å². The molecule has 92 valence electrons. The molecule has 0 saturated carbocycles. The van der Waals surface area contributed by atoms with Crippen molar-refractivity contribution in [3.8, 4) is 11.8 Å².